The summed E-state index contributed by atoms with van der Waals surface area (Å²) in [5.41, 5.74) is -0.0793. The van der Waals surface area contributed by atoms with E-state index in [1.54, 1.807) is 47.6 Å². The highest BCUT2D eigenvalue weighted by Crippen LogP contribution is 2.07. The quantitative estimate of drug-likeness (QED) is 0.620. The molecular formula is C13H23NO4. The molecule has 0 saturated heterocycles. The fraction of sp³-hybridized carbons (Fsp3) is 0.692. The Hall–Kier alpha value is -1.52. The molecule has 1 amide bonds. The van der Waals surface area contributed by atoms with Gasteiger partial charge in [0.05, 0.1) is 6.61 Å². The Kier molecular flexibility index (Phi) is 6.44. The Morgan fingerprint density at radius 1 is 1.33 bits per heavy atom. The molecule has 0 aliphatic carbocycles. The molecule has 5 nitrogen and oxygen atoms in total. The zero-order valence-corrected chi connectivity index (χ0v) is 12.0. The van der Waals surface area contributed by atoms with Crippen LogP contribution in [-0.2, 0) is 14.3 Å². The monoisotopic (exact) mass is 257 g/mol. The van der Waals surface area contributed by atoms with Crippen LogP contribution in [0.5, 0.6) is 0 Å². The first kappa shape index (κ1) is 16.5. The summed E-state index contributed by atoms with van der Waals surface area (Å²) in [5.74, 6) is -0.379. The van der Waals surface area contributed by atoms with Crippen LogP contribution in [0.1, 0.15) is 41.5 Å². The van der Waals surface area contributed by atoms with Gasteiger partial charge in [0.25, 0.3) is 0 Å². The first-order valence-electron chi connectivity index (χ1n) is 6.00. The minimum Gasteiger partial charge on any atom is -0.463 e. The van der Waals surface area contributed by atoms with Crippen LogP contribution in [0.3, 0.4) is 0 Å². The highest BCUT2D eigenvalue weighted by atomic mass is 16.6. The number of carbonyl (C=O) groups excluding carboxylic acids is 2. The van der Waals surface area contributed by atoms with Gasteiger partial charge in [-0.25, -0.2) is 9.59 Å². The zero-order chi connectivity index (χ0) is 14.3. The van der Waals surface area contributed by atoms with Gasteiger partial charge < -0.3 is 14.8 Å². The van der Waals surface area contributed by atoms with Crippen LogP contribution in [0.15, 0.2) is 11.6 Å². The third kappa shape index (κ3) is 7.70. The van der Waals surface area contributed by atoms with Gasteiger partial charge in [0.2, 0.25) is 0 Å². The Morgan fingerprint density at radius 3 is 2.33 bits per heavy atom. The van der Waals surface area contributed by atoms with Crippen LogP contribution < -0.4 is 5.32 Å². The van der Waals surface area contributed by atoms with Crippen LogP contribution in [0.4, 0.5) is 4.79 Å². The Bertz CT molecular complexity index is 328. The maximum Gasteiger partial charge on any atom is 0.408 e. The second kappa shape index (κ2) is 7.03. The average Bonchev–Trinajstić information content (AvgIpc) is 2.13. The first-order valence-corrected chi connectivity index (χ1v) is 6.00. The van der Waals surface area contributed by atoms with Crippen LogP contribution in [0.25, 0.3) is 0 Å². The van der Waals surface area contributed by atoms with Crippen molar-refractivity contribution in [2.75, 3.05) is 6.61 Å². The van der Waals surface area contributed by atoms with Crippen molar-refractivity contribution in [2.24, 2.45) is 0 Å². The lowest BCUT2D eigenvalue weighted by molar-refractivity contribution is -0.138. The smallest absolute Gasteiger partial charge is 0.408 e. The molecule has 1 atom stereocenters. The van der Waals surface area contributed by atoms with Crippen LogP contribution in [0, 0.1) is 0 Å². The molecule has 0 bridgehead atoms. The fourth-order valence-corrected chi connectivity index (χ4v) is 1.22. The number of esters is 1. The number of ether oxygens (including phenoxy) is 2. The number of rotatable bonds is 4. The normalized spacial score (nSPS) is 13.8. The van der Waals surface area contributed by atoms with E-state index in [2.05, 4.69) is 5.32 Å². The largest absolute Gasteiger partial charge is 0.463 e. The topological polar surface area (TPSA) is 64.6 Å². The van der Waals surface area contributed by atoms with Gasteiger partial charge in [-0.15, -0.1) is 0 Å². The van der Waals surface area contributed by atoms with Gasteiger partial charge in [-0.05, 0) is 41.5 Å². The highest BCUT2D eigenvalue weighted by molar-refractivity contribution is 5.87. The van der Waals surface area contributed by atoms with Crippen molar-refractivity contribution in [2.45, 2.75) is 53.2 Å². The van der Waals surface area contributed by atoms with Gasteiger partial charge in [0.1, 0.15) is 5.60 Å². The Labute approximate surface area is 109 Å². The van der Waals surface area contributed by atoms with Crippen LogP contribution in [-0.4, -0.2) is 30.3 Å². The van der Waals surface area contributed by atoms with E-state index < -0.39 is 11.7 Å². The molecule has 0 spiro atoms. The van der Waals surface area contributed by atoms with Crippen molar-refractivity contribution in [3.8, 4) is 0 Å². The van der Waals surface area contributed by atoms with Gasteiger partial charge in [0.15, 0.2) is 0 Å². The van der Waals surface area contributed by atoms with Crippen molar-refractivity contribution in [3.63, 3.8) is 0 Å². The SMILES string of the molecule is CCOC(=O)C(C)=C[C@@H](C)NC(=O)OC(C)(C)C. The van der Waals surface area contributed by atoms with Crippen LogP contribution in [0.2, 0.25) is 0 Å². The molecule has 0 aromatic heterocycles. The van der Waals surface area contributed by atoms with E-state index in [0.29, 0.717) is 12.2 Å². The summed E-state index contributed by atoms with van der Waals surface area (Å²) in [6, 6.07) is -0.302. The zero-order valence-electron chi connectivity index (χ0n) is 12.0. The number of amides is 1. The summed E-state index contributed by atoms with van der Waals surface area (Å²) in [6.45, 7) is 10.8. The van der Waals surface area contributed by atoms with E-state index in [-0.39, 0.29) is 12.0 Å². The van der Waals surface area contributed by atoms with Gasteiger partial charge in [-0.1, -0.05) is 6.08 Å². The minimum atomic E-state index is -0.538. The Morgan fingerprint density at radius 2 is 1.89 bits per heavy atom. The molecule has 0 aliphatic rings. The summed E-state index contributed by atoms with van der Waals surface area (Å²) in [5, 5.41) is 2.62. The number of hydrogen-bond donors (Lipinski definition) is 1. The predicted octanol–water partition coefficient (Wildman–Crippen LogP) is 2.41. The van der Waals surface area contributed by atoms with Crippen LogP contribution >= 0.6 is 0 Å². The molecule has 0 heterocycles. The Balaban J connectivity index is 4.33. The maximum absolute atomic E-state index is 11.5. The lowest BCUT2D eigenvalue weighted by Crippen LogP contribution is -2.37. The molecule has 0 unspecified atom stereocenters. The molecule has 104 valence electrons. The van der Waals surface area contributed by atoms with Crippen molar-refractivity contribution in [3.05, 3.63) is 11.6 Å². The maximum atomic E-state index is 11.5. The molecule has 18 heavy (non-hydrogen) atoms. The summed E-state index contributed by atoms with van der Waals surface area (Å²) in [6.07, 6.45) is 1.12. The van der Waals surface area contributed by atoms with Gasteiger partial charge >= 0.3 is 12.1 Å². The highest BCUT2D eigenvalue weighted by Gasteiger charge is 2.17. The number of nitrogens with one attached hydrogen (secondary N) is 1. The summed E-state index contributed by atoms with van der Waals surface area (Å²) in [7, 11) is 0. The number of hydrogen-bond acceptors (Lipinski definition) is 4. The van der Waals surface area contributed by atoms with E-state index in [1.165, 1.54) is 0 Å². The molecule has 5 heteroatoms. The van der Waals surface area contributed by atoms with E-state index in [0.717, 1.165) is 0 Å². The predicted molar refractivity (Wildman–Crippen MR) is 69.2 cm³/mol. The van der Waals surface area contributed by atoms with Crippen molar-refractivity contribution in [1.82, 2.24) is 5.32 Å². The molecule has 0 saturated carbocycles. The molecule has 0 aromatic carbocycles. The molecule has 0 rings (SSSR count). The summed E-state index contributed by atoms with van der Waals surface area (Å²) >= 11 is 0. The minimum absolute atomic E-state index is 0.302. The lowest BCUT2D eigenvalue weighted by atomic mass is 10.2. The summed E-state index contributed by atoms with van der Waals surface area (Å²) < 4.78 is 9.94. The molecule has 0 aromatic rings. The third-order valence-electron chi connectivity index (χ3n) is 1.84. The van der Waals surface area contributed by atoms with Gasteiger partial charge in [-0.2, -0.15) is 0 Å². The summed E-state index contributed by atoms with van der Waals surface area (Å²) in [4.78, 5) is 22.8. The fourth-order valence-electron chi connectivity index (χ4n) is 1.22. The van der Waals surface area contributed by atoms with Crippen molar-refractivity contribution in [1.29, 1.82) is 0 Å². The second-order valence-electron chi connectivity index (χ2n) is 5.01. The van der Waals surface area contributed by atoms with Gasteiger partial charge in [0, 0.05) is 11.6 Å². The standard InChI is InChI=1S/C13H23NO4/c1-7-17-11(15)9(2)8-10(3)14-12(16)18-13(4,5)6/h8,10H,7H2,1-6H3,(H,14,16)/t10-/m1/s1. The molecule has 0 aliphatic heterocycles. The first-order chi connectivity index (χ1) is 8.15. The van der Waals surface area contributed by atoms with Gasteiger partial charge in [-0.3, -0.25) is 0 Å². The molecule has 0 radical (unpaired) electrons. The number of alkyl carbamates (subject to hydrolysis) is 1. The molecular weight excluding hydrogens is 234 g/mol. The third-order valence-corrected chi connectivity index (χ3v) is 1.84. The average molecular weight is 257 g/mol. The van der Waals surface area contributed by atoms with Crippen molar-refractivity contribution >= 4 is 12.1 Å². The molecule has 0 fully saturated rings. The van der Waals surface area contributed by atoms with E-state index in [9.17, 15) is 9.59 Å². The number of carbonyl (C=O) groups is 2. The van der Waals surface area contributed by atoms with E-state index in [1.807, 2.05) is 0 Å². The molecule has 1 N–H and O–H groups in total. The second-order valence-corrected chi connectivity index (χ2v) is 5.01. The lowest BCUT2D eigenvalue weighted by Gasteiger charge is -2.21. The van der Waals surface area contributed by atoms with E-state index in [4.69, 9.17) is 9.47 Å². The van der Waals surface area contributed by atoms with Crippen molar-refractivity contribution < 1.29 is 19.1 Å². The van der Waals surface area contributed by atoms with E-state index >= 15 is 0 Å².